The number of ketones is 2. The molecule has 8 rings (SSSR count). The third kappa shape index (κ3) is 19.7. The zero-order chi connectivity index (χ0) is 69.9. The minimum absolute atomic E-state index is 0.00310. The molecule has 2 aliphatic carbocycles. The van der Waals surface area contributed by atoms with Crippen LogP contribution in [0.25, 0.3) is 34.4 Å². The first kappa shape index (κ1) is 72.7. The van der Waals surface area contributed by atoms with Crippen LogP contribution >= 0.6 is 0 Å². The molecule has 504 valence electrons. The summed E-state index contributed by atoms with van der Waals surface area (Å²) >= 11 is 0. The zero-order valence-corrected chi connectivity index (χ0v) is 55.1. The molecule has 2 heterocycles. The molecule has 2 aliphatic rings. The van der Waals surface area contributed by atoms with Gasteiger partial charge < -0.3 is 56.3 Å². The van der Waals surface area contributed by atoms with Gasteiger partial charge in [0.2, 0.25) is 0 Å². The van der Waals surface area contributed by atoms with Gasteiger partial charge in [-0.05, 0) is 120 Å². The molecule has 6 aromatic rings. The van der Waals surface area contributed by atoms with Crippen LogP contribution in [0, 0.1) is 40.4 Å². The van der Waals surface area contributed by atoms with Gasteiger partial charge in [0.1, 0.15) is 67.0 Å². The molecule has 2 atom stereocenters. The van der Waals surface area contributed by atoms with Gasteiger partial charge in [0.25, 0.3) is 11.8 Å². The summed E-state index contributed by atoms with van der Waals surface area (Å²) in [5, 5.41) is 21.0. The molecule has 2 saturated carbocycles. The van der Waals surface area contributed by atoms with Gasteiger partial charge in [0.05, 0.1) is 20.1 Å². The fraction of sp³-hybridized carbons (Fsp3) is 0.342. The number of Topliss-reactive ketones (excluding diaryl/α,β-unsaturated/α-hetero) is 2. The lowest BCUT2D eigenvalue weighted by Gasteiger charge is -2.17. The Morgan fingerprint density at radius 2 is 0.906 bits per heavy atom. The van der Waals surface area contributed by atoms with Crippen LogP contribution in [0.1, 0.15) is 156 Å². The second-order valence-electron chi connectivity index (χ2n) is 24.0. The Hall–Kier alpha value is -10.7. The number of benzene rings is 4. The molecule has 0 aliphatic heterocycles. The van der Waals surface area contributed by atoms with Crippen LogP contribution in [0.3, 0.4) is 0 Å². The maximum Gasteiger partial charge on any atom is 0.357 e. The molecule has 0 bridgehead atoms. The van der Waals surface area contributed by atoms with Crippen molar-refractivity contribution >= 4 is 71.1 Å². The van der Waals surface area contributed by atoms with Crippen molar-refractivity contribution in [1.29, 1.82) is 10.8 Å². The Bertz CT molecular complexity index is 3680. The quantitative estimate of drug-likeness (QED) is 0.00516. The maximum atomic E-state index is 13.9. The third-order valence-corrected chi connectivity index (χ3v) is 16.2. The van der Waals surface area contributed by atoms with Crippen LogP contribution in [0.5, 0.6) is 11.5 Å². The van der Waals surface area contributed by atoms with Gasteiger partial charge in [-0.1, -0.05) is 108 Å². The van der Waals surface area contributed by atoms with Crippen LogP contribution < -0.4 is 37.3 Å². The summed E-state index contributed by atoms with van der Waals surface area (Å²) in [5.41, 5.74) is 21.8. The molecule has 0 unspecified atom stereocenters. The minimum Gasteiger partial charge on any atom is -0.496 e. The Morgan fingerprint density at radius 3 is 1.24 bits per heavy atom. The lowest BCUT2D eigenvalue weighted by atomic mass is 9.90. The van der Waals surface area contributed by atoms with Crippen molar-refractivity contribution in [3.63, 3.8) is 0 Å². The first-order chi connectivity index (χ1) is 45.9. The highest BCUT2D eigenvalue weighted by atomic mass is 16.6. The van der Waals surface area contributed by atoms with Gasteiger partial charge in [0.15, 0.2) is 23.0 Å². The molecule has 10 N–H and O–H groups in total. The van der Waals surface area contributed by atoms with E-state index in [1.807, 2.05) is 13.8 Å². The van der Waals surface area contributed by atoms with E-state index < -0.39 is 41.7 Å². The fourth-order valence-electron chi connectivity index (χ4n) is 9.62. The number of nitrogens with zero attached hydrogens (tertiary/aromatic N) is 2. The average Bonchev–Trinajstić information content (AvgIpc) is 1.14. The summed E-state index contributed by atoms with van der Waals surface area (Å²) < 4.78 is 32.5. The number of aromatic nitrogens is 2. The molecule has 0 spiro atoms. The van der Waals surface area contributed by atoms with Gasteiger partial charge in [-0.25, -0.2) is 19.6 Å². The molecule has 4 aromatic carbocycles. The molecule has 96 heavy (non-hydrogen) atoms. The zero-order valence-electron chi connectivity index (χ0n) is 55.1. The molecule has 23 nitrogen and oxygen atoms in total. The van der Waals surface area contributed by atoms with Crippen LogP contribution in [0.4, 0.5) is 0 Å². The Morgan fingerprint density at radius 1 is 0.531 bits per heavy atom. The molecular weight excluding hydrogens is 1230 g/mol. The standard InChI is InChI=1S/C37H42N4O7.C36H41N5O7/c1-6-25-18-29(31(42)17-23-9-11-26(12-10-23)34(38)39)28(19-32(25)46-5)27-13-14-30(35(43)40-20-24-7-8-24)41-33(27)37(45)48-16-15-47-36(44)22(4)21(2)3;1-5-23-17-27(29(42)16-21-8-10-24(11-9-21)33(38)39)26(18-30(23)46-4)25-12-13-28(34(43)40-19-22-6-7-22)41-32(25)36(45)48-15-14-47-35(44)31(37)20(2)3/h6,9-14,18-19,21-22,24H,1,7-8,15-17,20H2,2-5H3,(H3,38,39)(H,40,43);5,8-13,17-18,20,22,31H,1,6-7,14-16,19,37H2,2-4H3,(H3,38,39)(H,40,43)/t22-;31-/m00/s1. The lowest BCUT2D eigenvalue weighted by molar-refractivity contribution is -0.150. The van der Waals surface area contributed by atoms with E-state index in [2.05, 4.69) is 33.8 Å². The molecular formula is C73H83N9O14. The van der Waals surface area contributed by atoms with Gasteiger partial charge >= 0.3 is 23.9 Å². The first-order valence-corrected chi connectivity index (χ1v) is 31.5. The molecule has 23 heteroatoms. The van der Waals surface area contributed by atoms with Gasteiger partial charge in [-0.2, -0.15) is 0 Å². The van der Waals surface area contributed by atoms with Gasteiger partial charge in [-0.3, -0.25) is 39.6 Å². The van der Waals surface area contributed by atoms with Crippen molar-refractivity contribution in [2.75, 3.05) is 53.7 Å². The number of amidine groups is 2. The minimum atomic E-state index is -0.893. The van der Waals surface area contributed by atoms with E-state index in [1.54, 1.807) is 112 Å². The number of nitrogens with two attached hydrogens (primary N) is 3. The Kier molecular flexibility index (Phi) is 25.7. The number of methoxy groups -OCH3 is 2. The second-order valence-corrected chi connectivity index (χ2v) is 24.0. The SMILES string of the molecule is C=Cc1cc(C(=O)Cc2ccc(C(=N)N)cc2)c(-c2ccc(C(=O)NCC3CC3)nc2C(=O)OCCOC(=O)[C@@H](C)C(C)C)cc1OC.C=Cc1cc(C(=O)Cc2ccc(C(=N)N)cc2)c(-c2ccc(C(=O)NCC3CC3)nc2C(=O)OCCOC(=O)[C@@H](N)C(C)C)cc1OC. The smallest absolute Gasteiger partial charge is 0.357 e. The highest BCUT2D eigenvalue weighted by molar-refractivity contribution is 6.09. The lowest BCUT2D eigenvalue weighted by Crippen LogP contribution is -2.37. The fourth-order valence-corrected chi connectivity index (χ4v) is 9.62. The number of rotatable bonds is 32. The van der Waals surface area contributed by atoms with Crippen LogP contribution in [-0.2, 0) is 41.4 Å². The van der Waals surface area contributed by atoms with Crippen molar-refractivity contribution in [2.45, 2.75) is 79.2 Å². The van der Waals surface area contributed by atoms with Crippen molar-refractivity contribution in [2.24, 2.45) is 46.8 Å². The van der Waals surface area contributed by atoms with Crippen molar-refractivity contribution in [3.05, 3.63) is 178 Å². The largest absolute Gasteiger partial charge is 0.496 e. The Labute approximate surface area is 557 Å². The normalized spacial score (nSPS) is 12.9. The van der Waals surface area contributed by atoms with Gasteiger partial charge in [0, 0.05) is 70.4 Å². The summed E-state index contributed by atoms with van der Waals surface area (Å²) in [4.78, 5) is 114. The number of nitrogen functional groups attached to an aromatic ring is 2. The van der Waals surface area contributed by atoms with Crippen LogP contribution in [0.15, 0.2) is 110 Å². The summed E-state index contributed by atoms with van der Waals surface area (Å²) in [6, 6.07) is 25.3. The van der Waals surface area contributed by atoms with Crippen molar-refractivity contribution < 1.29 is 66.8 Å². The molecule has 0 saturated heterocycles. The van der Waals surface area contributed by atoms with E-state index in [0.717, 1.165) is 25.7 Å². The number of hydrogen-bond donors (Lipinski definition) is 7. The third-order valence-electron chi connectivity index (χ3n) is 16.2. The maximum absolute atomic E-state index is 13.9. The van der Waals surface area contributed by atoms with Crippen LogP contribution in [0.2, 0.25) is 0 Å². The highest BCUT2D eigenvalue weighted by Gasteiger charge is 2.30. The van der Waals surface area contributed by atoms with E-state index >= 15 is 0 Å². The van der Waals surface area contributed by atoms with Crippen LogP contribution in [-0.4, -0.2) is 129 Å². The van der Waals surface area contributed by atoms with Gasteiger partial charge in [-0.15, -0.1) is 0 Å². The molecule has 2 amide bonds. The highest BCUT2D eigenvalue weighted by Crippen LogP contribution is 2.37. The average molecular weight is 1310 g/mol. The number of carbonyl (C=O) groups is 8. The number of esters is 4. The predicted octanol–water partition coefficient (Wildman–Crippen LogP) is 9.17. The van der Waals surface area contributed by atoms with E-state index in [9.17, 15) is 38.4 Å². The predicted molar refractivity (Wildman–Crippen MR) is 363 cm³/mol. The molecule has 2 fully saturated rings. The number of pyridine rings is 2. The van der Waals surface area contributed by atoms with E-state index in [1.165, 1.54) is 32.4 Å². The second kappa shape index (κ2) is 33.9. The molecule has 0 radical (unpaired) electrons. The summed E-state index contributed by atoms with van der Waals surface area (Å²) in [7, 11) is 2.95. The molecule has 2 aromatic heterocycles. The number of carbonyl (C=O) groups excluding carboxylic acids is 8. The number of nitrogens with one attached hydrogen (secondary N) is 4. The van der Waals surface area contributed by atoms with Crippen molar-refractivity contribution in [1.82, 2.24) is 20.6 Å². The number of amides is 2. The van der Waals surface area contributed by atoms with E-state index in [-0.39, 0.29) is 125 Å². The topological polar surface area (TPSA) is 368 Å². The van der Waals surface area contributed by atoms with E-state index in [0.29, 0.717) is 80.9 Å². The Balaban J connectivity index is 0.000000271. The number of hydrogen-bond acceptors (Lipinski definition) is 19. The first-order valence-electron chi connectivity index (χ1n) is 31.5. The summed E-state index contributed by atoms with van der Waals surface area (Å²) in [6.07, 6.45) is 7.28. The summed E-state index contributed by atoms with van der Waals surface area (Å²) in [6.45, 7) is 16.9. The van der Waals surface area contributed by atoms with Crippen molar-refractivity contribution in [3.8, 4) is 33.8 Å². The monoisotopic (exact) mass is 1310 g/mol. The summed E-state index contributed by atoms with van der Waals surface area (Å²) in [5.74, 6) is -3.13. The number of ether oxygens (including phenoxy) is 6. The van der Waals surface area contributed by atoms with E-state index in [4.69, 9.17) is 56.4 Å².